The fourth-order valence-electron chi connectivity index (χ4n) is 1.48. The van der Waals surface area contributed by atoms with Gasteiger partial charge in [-0.2, -0.15) is 0 Å². The van der Waals surface area contributed by atoms with Gasteiger partial charge in [0.15, 0.2) is 0 Å². The summed E-state index contributed by atoms with van der Waals surface area (Å²) in [6.45, 7) is 0.286. The Labute approximate surface area is 123 Å². The summed E-state index contributed by atoms with van der Waals surface area (Å²) in [6.07, 6.45) is 1.61. The van der Waals surface area contributed by atoms with Gasteiger partial charge in [-0.05, 0) is 29.8 Å². The van der Waals surface area contributed by atoms with Gasteiger partial charge in [-0.15, -0.1) is 0 Å². The Hall–Kier alpha value is -1.53. The van der Waals surface area contributed by atoms with E-state index >= 15 is 0 Å². The van der Waals surface area contributed by atoms with Crippen LogP contribution >= 0.6 is 28.1 Å². The van der Waals surface area contributed by atoms with Crippen molar-refractivity contribution < 1.29 is 9.13 Å². The molecule has 1 aromatic heterocycles. The third-order valence-corrected chi connectivity index (χ3v) is 2.99. The molecule has 0 aliphatic heterocycles. The number of rotatable bonds is 4. The molecule has 2 rings (SSSR count). The molecular weight excluding hydrogens is 331 g/mol. The van der Waals surface area contributed by atoms with Crippen molar-refractivity contribution in [3.05, 3.63) is 58.1 Å². The van der Waals surface area contributed by atoms with E-state index in [-0.39, 0.29) is 17.4 Å². The fourth-order valence-corrected chi connectivity index (χ4v) is 2.03. The van der Waals surface area contributed by atoms with E-state index in [1.807, 2.05) is 0 Å². The van der Waals surface area contributed by atoms with Crippen molar-refractivity contribution in [2.45, 2.75) is 6.61 Å². The summed E-state index contributed by atoms with van der Waals surface area (Å²) < 4.78 is 19.3. The minimum Gasteiger partial charge on any atom is -0.489 e. The van der Waals surface area contributed by atoms with E-state index in [1.165, 1.54) is 12.1 Å². The maximum atomic E-state index is 13.2. The van der Waals surface area contributed by atoms with Crippen molar-refractivity contribution in [2.24, 2.45) is 5.73 Å². The Balaban J connectivity index is 2.10. The molecule has 0 unspecified atom stereocenters. The summed E-state index contributed by atoms with van der Waals surface area (Å²) in [6, 6.07) is 7.91. The predicted octanol–water partition coefficient (Wildman–Crippen LogP) is 3.20. The third-order valence-electron chi connectivity index (χ3n) is 2.32. The molecule has 0 radical (unpaired) electrons. The highest BCUT2D eigenvalue weighted by Gasteiger charge is 2.03. The number of pyridine rings is 1. The van der Waals surface area contributed by atoms with Crippen LogP contribution in [-0.4, -0.2) is 9.97 Å². The van der Waals surface area contributed by atoms with Gasteiger partial charge in [0.2, 0.25) is 0 Å². The highest BCUT2D eigenvalue weighted by molar-refractivity contribution is 9.10. The second-order valence-corrected chi connectivity index (χ2v) is 5.16. The van der Waals surface area contributed by atoms with E-state index in [2.05, 4.69) is 20.9 Å². The highest BCUT2D eigenvalue weighted by atomic mass is 79.9. The smallest absolute Gasteiger partial charge is 0.128 e. The summed E-state index contributed by atoms with van der Waals surface area (Å²) in [5, 5.41) is 0. The SMILES string of the molecule is NC(=S)c1cc(COc2cc(F)cc(Br)c2)ccn1. The number of hydrogen-bond acceptors (Lipinski definition) is 3. The molecule has 3 nitrogen and oxygen atoms in total. The van der Waals surface area contributed by atoms with Crippen LogP contribution in [0, 0.1) is 5.82 Å². The number of nitrogens with zero attached hydrogens (tertiary/aromatic N) is 1. The van der Waals surface area contributed by atoms with Crippen molar-refractivity contribution in [3.63, 3.8) is 0 Å². The van der Waals surface area contributed by atoms with Gasteiger partial charge in [-0.3, -0.25) is 4.98 Å². The molecule has 0 spiro atoms. The van der Waals surface area contributed by atoms with Crippen LogP contribution in [0.5, 0.6) is 5.75 Å². The molecule has 98 valence electrons. The van der Waals surface area contributed by atoms with Crippen LogP contribution < -0.4 is 10.5 Å². The Kier molecular flexibility index (Phi) is 4.44. The largest absolute Gasteiger partial charge is 0.489 e. The second kappa shape index (κ2) is 6.08. The van der Waals surface area contributed by atoms with Gasteiger partial charge in [0, 0.05) is 16.7 Å². The van der Waals surface area contributed by atoms with Gasteiger partial charge >= 0.3 is 0 Å². The number of halogens is 2. The van der Waals surface area contributed by atoms with Crippen molar-refractivity contribution in [3.8, 4) is 5.75 Å². The van der Waals surface area contributed by atoms with Crippen molar-refractivity contribution >= 4 is 33.1 Å². The Morgan fingerprint density at radius 1 is 1.37 bits per heavy atom. The Bertz CT molecular complexity index is 601. The molecule has 1 aromatic carbocycles. The average Bonchev–Trinajstić information content (AvgIpc) is 2.35. The lowest BCUT2D eigenvalue weighted by Crippen LogP contribution is -2.12. The molecular formula is C13H10BrFN2OS. The number of ether oxygens (including phenoxy) is 1. The van der Waals surface area contributed by atoms with Crippen LogP contribution in [0.2, 0.25) is 0 Å². The molecule has 2 aromatic rings. The molecule has 0 fully saturated rings. The van der Waals surface area contributed by atoms with Gasteiger partial charge in [-0.25, -0.2) is 4.39 Å². The quantitative estimate of drug-likeness (QED) is 0.868. The van der Waals surface area contributed by atoms with Crippen molar-refractivity contribution in [1.29, 1.82) is 0 Å². The van der Waals surface area contributed by atoms with E-state index in [0.29, 0.717) is 15.9 Å². The van der Waals surface area contributed by atoms with E-state index < -0.39 is 0 Å². The van der Waals surface area contributed by atoms with E-state index in [1.54, 1.807) is 24.4 Å². The summed E-state index contributed by atoms with van der Waals surface area (Å²) >= 11 is 8.06. The molecule has 0 atom stereocenters. The Morgan fingerprint density at radius 3 is 2.84 bits per heavy atom. The predicted molar refractivity (Wildman–Crippen MR) is 78.6 cm³/mol. The van der Waals surface area contributed by atoms with E-state index in [4.69, 9.17) is 22.7 Å². The first kappa shape index (κ1) is 13.9. The summed E-state index contributed by atoms with van der Waals surface area (Å²) in [7, 11) is 0. The van der Waals surface area contributed by atoms with E-state index in [9.17, 15) is 4.39 Å². The second-order valence-electron chi connectivity index (χ2n) is 3.81. The average molecular weight is 341 g/mol. The molecule has 0 aliphatic rings. The molecule has 0 saturated heterocycles. The first-order valence-corrected chi connectivity index (χ1v) is 6.58. The fraction of sp³-hybridized carbons (Fsp3) is 0.0769. The molecule has 6 heteroatoms. The van der Waals surface area contributed by atoms with Gasteiger partial charge in [0.05, 0.1) is 5.69 Å². The van der Waals surface area contributed by atoms with Crippen LogP contribution in [0.3, 0.4) is 0 Å². The van der Waals surface area contributed by atoms with Crippen LogP contribution in [0.4, 0.5) is 4.39 Å². The minimum atomic E-state index is -0.358. The molecule has 0 saturated carbocycles. The van der Waals surface area contributed by atoms with Gasteiger partial charge in [0.1, 0.15) is 23.2 Å². The molecule has 0 bridgehead atoms. The lowest BCUT2D eigenvalue weighted by molar-refractivity contribution is 0.304. The van der Waals surface area contributed by atoms with Gasteiger partial charge in [-0.1, -0.05) is 28.1 Å². The normalized spacial score (nSPS) is 10.2. The summed E-state index contributed by atoms with van der Waals surface area (Å²) in [4.78, 5) is 4.26. The first-order valence-electron chi connectivity index (χ1n) is 5.38. The van der Waals surface area contributed by atoms with Crippen molar-refractivity contribution in [1.82, 2.24) is 4.98 Å². The molecule has 1 heterocycles. The summed E-state index contributed by atoms with van der Waals surface area (Å²) in [5.41, 5.74) is 6.90. The minimum absolute atomic E-state index is 0.232. The van der Waals surface area contributed by atoms with E-state index in [0.717, 1.165) is 5.56 Å². The van der Waals surface area contributed by atoms with Crippen molar-refractivity contribution in [2.75, 3.05) is 0 Å². The van der Waals surface area contributed by atoms with Crippen LogP contribution in [0.25, 0.3) is 0 Å². The Morgan fingerprint density at radius 2 is 2.16 bits per heavy atom. The number of nitrogens with two attached hydrogens (primary N) is 1. The third kappa shape index (κ3) is 3.97. The number of hydrogen-bond donors (Lipinski definition) is 1. The monoisotopic (exact) mass is 340 g/mol. The maximum Gasteiger partial charge on any atom is 0.128 e. The topological polar surface area (TPSA) is 48.1 Å². The molecule has 0 aliphatic carbocycles. The lowest BCUT2D eigenvalue weighted by Gasteiger charge is -2.07. The maximum absolute atomic E-state index is 13.2. The zero-order valence-electron chi connectivity index (χ0n) is 9.77. The highest BCUT2D eigenvalue weighted by Crippen LogP contribution is 2.21. The number of aromatic nitrogens is 1. The van der Waals surface area contributed by atoms with Crippen LogP contribution in [0.15, 0.2) is 41.0 Å². The summed E-state index contributed by atoms with van der Waals surface area (Å²) in [5.74, 6) is 0.0866. The van der Waals surface area contributed by atoms with Crippen LogP contribution in [-0.2, 0) is 6.61 Å². The molecule has 2 N–H and O–H groups in total. The van der Waals surface area contributed by atoms with Gasteiger partial charge < -0.3 is 10.5 Å². The lowest BCUT2D eigenvalue weighted by atomic mass is 10.2. The number of benzene rings is 1. The molecule has 0 amide bonds. The zero-order chi connectivity index (χ0) is 13.8. The first-order chi connectivity index (χ1) is 9.04. The zero-order valence-corrected chi connectivity index (χ0v) is 12.2. The van der Waals surface area contributed by atoms with Crippen LogP contribution in [0.1, 0.15) is 11.3 Å². The number of thiocarbonyl (C=S) groups is 1. The van der Waals surface area contributed by atoms with Gasteiger partial charge in [0.25, 0.3) is 0 Å². The molecule has 19 heavy (non-hydrogen) atoms. The standard InChI is InChI=1S/C13H10BrFN2OS/c14-9-4-10(15)6-11(5-9)18-7-8-1-2-17-12(3-8)13(16)19/h1-6H,7H2,(H2,16,19).